The summed E-state index contributed by atoms with van der Waals surface area (Å²) in [4.78, 5) is 0. The Kier molecular flexibility index (Phi) is 2.75. The van der Waals surface area contributed by atoms with Gasteiger partial charge in [0, 0.05) is 5.56 Å². The third kappa shape index (κ3) is 1.77. The van der Waals surface area contributed by atoms with Crippen LogP contribution in [0.5, 0.6) is 17.2 Å². The van der Waals surface area contributed by atoms with Crippen LogP contribution in [0.2, 0.25) is 0 Å². The lowest BCUT2D eigenvalue weighted by Gasteiger charge is -2.22. The minimum Gasteiger partial charge on any atom is -0.506 e. The molecule has 1 aliphatic heterocycles. The first kappa shape index (κ1) is 10.6. The molecule has 0 saturated carbocycles. The van der Waals surface area contributed by atoms with Gasteiger partial charge < -0.3 is 19.7 Å². The largest absolute Gasteiger partial charge is 0.506 e. The zero-order valence-electron chi connectivity index (χ0n) is 8.16. The van der Waals surface area contributed by atoms with Gasteiger partial charge in [0.15, 0.2) is 11.5 Å². The lowest BCUT2D eigenvalue weighted by atomic mass is 10.1. The third-order valence-corrected chi connectivity index (χ3v) is 2.96. The van der Waals surface area contributed by atoms with Gasteiger partial charge in [-0.05, 0) is 28.9 Å². The molecule has 1 aromatic rings. The van der Waals surface area contributed by atoms with Gasteiger partial charge in [0.2, 0.25) is 0 Å². The summed E-state index contributed by atoms with van der Waals surface area (Å²) in [5.74, 6) is 1.03. The molecule has 0 aliphatic carbocycles. The number of halogens is 1. The van der Waals surface area contributed by atoms with E-state index in [4.69, 9.17) is 9.47 Å². The summed E-state index contributed by atoms with van der Waals surface area (Å²) in [5, 5.41) is 19.2. The highest BCUT2D eigenvalue weighted by Gasteiger charge is 2.22. The van der Waals surface area contributed by atoms with Crippen molar-refractivity contribution in [2.75, 3.05) is 13.2 Å². The van der Waals surface area contributed by atoms with Gasteiger partial charge in [0.05, 0.1) is 6.10 Å². The van der Waals surface area contributed by atoms with Crippen LogP contribution in [0.25, 0.3) is 0 Å². The Morgan fingerprint density at radius 2 is 2.07 bits per heavy atom. The van der Waals surface area contributed by atoms with Crippen molar-refractivity contribution in [3.63, 3.8) is 0 Å². The SMILES string of the molecule is CC(O)c1cc2c(c(Br)c1O)OCCO2. The van der Waals surface area contributed by atoms with Crippen molar-refractivity contribution < 1.29 is 19.7 Å². The highest BCUT2D eigenvalue weighted by Crippen LogP contribution is 2.46. The van der Waals surface area contributed by atoms with E-state index >= 15 is 0 Å². The molecule has 1 unspecified atom stereocenters. The van der Waals surface area contributed by atoms with Gasteiger partial charge in [-0.3, -0.25) is 0 Å². The van der Waals surface area contributed by atoms with E-state index in [1.54, 1.807) is 13.0 Å². The van der Waals surface area contributed by atoms with E-state index in [-0.39, 0.29) is 5.75 Å². The molecule has 5 heteroatoms. The standard InChI is InChI=1S/C10H11BrO4/c1-5(12)6-4-7-10(8(11)9(6)13)15-3-2-14-7/h4-5,12-13H,2-3H2,1H3. The molecule has 0 spiro atoms. The van der Waals surface area contributed by atoms with Crippen LogP contribution in [0.15, 0.2) is 10.5 Å². The predicted octanol–water partition coefficient (Wildman–Crippen LogP) is 1.98. The molecule has 0 aromatic heterocycles. The van der Waals surface area contributed by atoms with E-state index in [0.717, 1.165) is 0 Å². The van der Waals surface area contributed by atoms with Crippen molar-refractivity contribution in [1.82, 2.24) is 0 Å². The Labute approximate surface area is 95.6 Å². The molecule has 0 bridgehead atoms. The number of hydrogen-bond acceptors (Lipinski definition) is 4. The van der Waals surface area contributed by atoms with E-state index in [9.17, 15) is 10.2 Å². The molecule has 1 aliphatic rings. The average molecular weight is 275 g/mol. The van der Waals surface area contributed by atoms with Crippen LogP contribution in [0, 0.1) is 0 Å². The topological polar surface area (TPSA) is 58.9 Å². The van der Waals surface area contributed by atoms with Crippen molar-refractivity contribution in [3.05, 3.63) is 16.1 Å². The number of hydrogen-bond donors (Lipinski definition) is 2. The van der Waals surface area contributed by atoms with Gasteiger partial charge in [-0.1, -0.05) is 0 Å². The first-order valence-corrected chi connectivity index (χ1v) is 5.39. The summed E-state index contributed by atoms with van der Waals surface area (Å²) in [5.41, 5.74) is 0.422. The first-order valence-electron chi connectivity index (χ1n) is 4.60. The maximum absolute atomic E-state index is 9.78. The molecule has 0 amide bonds. The molecule has 0 radical (unpaired) electrons. The van der Waals surface area contributed by atoms with Crippen molar-refractivity contribution >= 4 is 15.9 Å². The molecule has 4 nitrogen and oxygen atoms in total. The Morgan fingerprint density at radius 3 is 2.73 bits per heavy atom. The van der Waals surface area contributed by atoms with Crippen LogP contribution in [-0.4, -0.2) is 23.4 Å². The van der Waals surface area contributed by atoms with Crippen LogP contribution >= 0.6 is 15.9 Å². The molecule has 82 valence electrons. The molecule has 1 heterocycles. The van der Waals surface area contributed by atoms with Crippen LogP contribution in [0.4, 0.5) is 0 Å². The lowest BCUT2D eigenvalue weighted by molar-refractivity contribution is 0.165. The highest BCUT2D eigenvalue weighted by molar-refractivity contribution is 9.10. The van der Waals surface area contributed by atoms with Crippen molar-refractivity contribution in [1.29, 1.82) is 0 Å². The third-order valence-electron chi connectivity index (χ3n) is 2.23. The second kappa shape index (κ2) is 3.90. The van der Waals surface area contributed by atoms with Gasteiger partial charge in [0.25, 0.3) is 0 Å². The molecule has 0 fully saturated rings. The molecule has 2 rings (SSSR count). The fourth-order valence-corrected chi connectivity index (χ4v) is 2.01. The van der Waals surface area contributed by atoms with E-state index in [1.807, 2.05) is 0 Å². The molecular formula is C10H11BrO4. The Morgan fingerprint density at radius 1 is 1.40 bits per heavy atom. The fraction of sp³-hybridized carbons (Fsp3) is 0.400. The Bertz CT molecular complexity index is 389. The van der Waals surface area contributed by atoms with E-state index in [2.05, 4.69) is 15.9 Å². The van der Waals surface area contributed by atoms with E-state index in [1.165, 1.54) is 0 Å². The molecule has 15 heavy (non-hydrogen) atoms. The van der Waals surface area contributed by atoms with Crippen LogP contribution in [0.1, 0.15) is 18.6 Å². The van der Waals surface area contributed by atoms with Crippen molar-refractivity contribution in [3.8, 4) is 17.2 Å². The highest BCUT2D eigenvalue weighted by atomic mass is 79.9. The quantitative estimate of drug-likeness (QED) is 0.822. The average Bonchev–Trinajstić information content (AvgIpc) is 2.23. The Hall–Kier alpha value is -0.940. The summed E-state index contributed by atoms with van der Waals surface area (Å²) in [7, 11) is 0. The number of aliphatic hydroxyl groups excluding tert-OH is 1. The van der Waals surface area contributed by atoms with E-state index in [0.29, 0.717) is 34.7 Å². The number of aromatic hydroxyl groups is 1. The summed E-state index contributed by atoms with van der Waals surface area (Å²) < 4.78 is 11.2. The zero-order chi connectivity index (χ0) is 11.0. The van der Waals surface area contributed by atoms with Crippen LogP contribution in [0.3, 0.4) is 0 Å². The number of phenolic OH excluding ortho intramolecular Hbond substituents is 1. The maximum Gasteiger partial charge on any atom is 0.179 e. The normalized spacial score (nSPS) is 16.2. The number of rotatable bonds is 1. The minimum absolute atomic E-state index is 0.00532. The van der Waals surface area contributed by atoms with Gasteiger partial charge >= 0.3 is 0 Å². The predicted molar refractivity (Wildman–Crippen MR) is 57.4 cm³/mol. The molecule has 1 aromatic carbocycles. The lowest BCUT2D eigenvalue weighted by Crippen LogP contribution is -2.16. The smallest absolute Gasteiger partial charge is 0.179 e. The van der Waals surface area contributed by atoms with Gasteiger partial charge in [-0.15, -0.1) is 0 Å². The maximum atomic E-state index is 9.78. The van der Waals surface area contributed by atoms with Crippen LogP contribution in [-0.2, 0) is 0 Å². The molecular weight excluding hydrogens is 264 g/mol. The molecule has 0 saturated heterocycles. The van der Waals surface area contributed by atoms with Gasteiger partial charge in [-0.25, -0.2) is 0 Å². The second-order valence-electron chi connectivity index (χ2n) is 3.33. The minimum atomic E-state index is -0.753. The van der Waals surface area contributed by atoms with Gasteiger partial charge in [0.1, 0.15) is 23.4 Å². The van der Waals surface area contributed by atoms with Gasteiger partial charge in [-0.2, -0.15) is 0 Å². The summed E-state index contributed by atoms with van der Waals surface area (Å²) in [6, 6.07) is 1.60. The number of ether oxygens (including phenoxy) is 2. The molecule has 1 atom stereocenters. The summed E-state index contributed by atoms with van der Waals surface area (Å²) >= 11 is 3.22. The number of aliphatic hydroxyl groups is 1. The zero-order valence-corrected chi connectivity index (χ0v) is 9.74. The fourth-order valence-electron chi connectivity index (χ4n) is 1.47. The number of phenols is 1. The monoisotopic (exact) mass is 274 g/mol. The number of fused-ring (bicyclic) bond motifs is 1. The number of benzene rings is 1. The first-order chi connectivity index (χ1) is 7.11. The summed E-state index contributed by atoms with van der Waals surface area (Å²) in [6.07, 6.45) is -0.753. The second-order valence-corrected chi connectivity index (χ2v) is 4.12. The summed E-state index contributed by atoms with van der Waals surface area (Å²) in [6.45, 7) is 2.51. The van der Waals surface area contributed by atoms with Crippen LogP contribution < -0.4 is 9.47 Å². The Balaban J connectivity index is 2.57. The van der Waals surface area contributed by atoms with Crippen molar-refractivity contribution in [2.24, 2.45) is 0 Å². The molecule has 2 N–H and O–H groups in total. The van der Waals surface area contributed by atoms with Crippen molar-refractivity contribution in [2.45, 2.75) is 13.0 Å². The van der Waals surface area contributed by atoms with E-state index < -0.39 is 6.10 Å².